The smallest absolute Gasteiger partial charge is 0.441 e. The van der Waals surface area contributed by atoms with Gasteiger partial charge in [0.25, 0.3) is 11.8 Å². The third kappa shape index (κ3) is 5.04. The maximum absolute atomic E-state index is 10.8. The van der Waals surface area contributed by atoms with E-state index in [0.717, 1.165) is 0 Å². The van der Waals surface area contributed by atoms with E-state index < -0.39 is 23.8 Å². The van der Waals surface area contributed by atoms with Crippen molar-refractivity contribution in [3.63, 3.8) is 0 Å². The zero-order valence-corrected chi connectivity index (χ0v) is 8.66. The highest BCUT2D eigenvalue weighted by Crippen LogP contribution is 2.11. The van der Waals surface area contributed by atoms with Crippen molar-refractivity contribution in [3.05, 3.63) is 0 Å². The zero-order chi connectivity index (χ0) is 13.4. The molecule has 9 heteroatoms. The van der Waals surface area contributed by atoms with Gasteiger partial charge in [0.1, 0.15) is 0 Å². The number of aliphatic hydroxyl groups excluding tert-OH is 2. The largest absolute Gasteiger partial charge is 0.473 e. The van der Waals surface area contributed by atoms with E-state index in [4.69, 9.17) is 15.3 Å². The average Bonchev–Trinajstić information content (AvgIpc) is 2.61. The Hall–Kier alpha value is -2.00. The molecule has 1 aliphatic rings. The highest BCUT2D eigenvalue weighted by atomic mass is 16.7. The van der Waals surface area contributed by atoms with Crippen molar-refractivity contribution in [1.29, 1.82) is 0 Å². The Morgan fingerprint density at radius 3 is 1.82 bits per heavy atom. The minimum absolute atomic E-state index is 0.0638. The second kappa shape index (κ2) is 7.30. The maximum atomic E-state index is 10.8. The van der Waals surface area contributed by atoms with Crippen LogP contribution in [0.2, 0.25) is 0 Å². The lowest BCUT2D eigenvalue weighted by Crippen LogP contribution is -2.34. The van der Waals surface area contributed by atoms with E-state index in [-0.39, 0.29) is 31.1 Å². The number of carbonyl (C=O) groups is 4. The molecule has 0 bridgehead atoms. The van der Waals surface area contributed by atoms with Crippen LogP contribution in [0.4, 0.5) is 0 Å². The Labute approximate surface area is 95.2 Å². The maximum Gasteiger partial charge on any atom is 0.441 e. The number of nitrogens with zero attached hydrogens (tertiary/aromatic N) is 1. The monoisotopic (exact) mass is 249 g/mol. The first-order valence-corrected chi connectivity index (χ1v) is 4.46. The Kier molecular flexibility index (Phi) is 6.44. The lowest BCUT2D eigenvalue weighted by molar-refractivity contribution is -0.200. The molecule has 17 heavy (non-hydrogen) atoms. The van der Waals surface area contributed by atoms with Crippen LogP contribution in [-0.4, -0.2) is 57.3 Å². The van der Waals surface area contributed by atoms with Gasteiger partial charge in [-0.2, -0.15) is 0 Å². The van der Waals surface area contributed by atoms with Crippen LogP contribution < -0.4 is 0 Å². The number of amides is 2. The molecule has 0 aromatic heterocycles. The van der Waals surface area contributed by atoms with Gasteiger partial charge in [0.2, 0.25) is 0 Å². The minimum atomic E-state index is -1.85. The molecule has 0 aromatic rings. The van der Waals surface area contributed by atoms with Crippen LogP contribution in [0.1, 0.15) is 12.8 Å². The SMILES string of the molecule is O=C(O)C(=O)ON1C(=O)CCC1=O.OCCO. The number of carboxylic acid groups (broad SMARTS) is 1. The van der Waals surface area contributed by atoms with E-state index in [1.54, 1.807) is 0 Å². The van der Waals surface area contributed by atoms with Gasteiger partial charge in [-0.15, -0.1) is 5.06 Å². The van der Waals surface area contributed by atoms with Gasteiger partial charge in [-0.1, -0.05) is 0 Å². The van der Waals surface area contributed by atoms with Crippen molar-refractivity contribution in [2.75, 3.05) is 13.2 Å². The molecule has 3 N–H and O–H groups in total. The Morgan fingerprint density at radius 1 is 1.12 bits per heavy atom. The number of hydrogen-bond donors (Lipinski definition) is 3. The van der Waals surface area contributed by atoms with Gasteiger partial charge in [-0.25, -0.2) is 9.59 Å². The fraction of sp³-hybridized carbons (Fsp3) is 0.500. The number of rotatable bonds is 2. The van der Waals surface area contributed by atoms with E-state index in [9.17, 15) is 19.2 Å². The molecule has 0 aromatic carbocycles. The van der Waals surface area contributed by atoms with E-state index in [0.29, 0.717) is 0 Å². The Balaban J connectivity index is 0.000000557. The first-order chi connectivity index (χ1) is 7.93. The predicted octanol–water partition coefficient (Wildman–Crippen LogP) is -2.35. The number of aliphatic carboxylic acids is 1. The standard InChI is InChI=1S/C6H5NO6.C2H6O2/c8-3-1-2-4(9)7(3)13-6(12)5(10)11;3-1-2-4/h1-2H2,(H,10,11);3-4H,1-2H2. The first-order valence-electron chi connectivity index (χ1n) is 4.46. The normalized spacial score (nSPS) is 14.1. The van der Waals surface area contributed by atoms with E-state index in [2.05, 4.69) is 4.84 Å². The van der Waals surface area contributed by atoms with Gasteiger partial charge >= 0.3 is 11.9 Å². The highest BCUT2D eigenvalue weighted by Gasteiger charge is 2.34. The fourth-order valence-corrected chi connectivity index (χ4v) is 0.780. The third-order valence-corrected chi connectivity index (χ3v) is 1.45. The zero-order valence-electron chi connectivity index (χ0n) is 8.66. The van der Waals surface area contributed by atoms with Crippen molar-refractivity contribution in [2.24, 2.45) is 0 Å². The second-order valence-corrected chi connectivity index (χ2v) is 2.71. The van der Waals surface area contributed by atoms with Crippen molar-refractivity contribution in [3.8, 4) is 0 Å². The molecular weight excluding hydrogens is 238 g/mol. The Bertz CT molecular complexity index is 307. The number of hydrogen-bond acceptors (Lipinski definition) is 7. The fourth-order valence-electron chi connectivity index (χ4n) is 0.780. The average molecular weight is 249 g/mol. The lowest BCUT2D eigenvalue weighted by atomic mass is 10.4. The van der Waals surface area contributed by atoms with E-state index >= 15 is 0 Å². The summed E-state index contributed by atoms with van der Waals surface area (Å²) < 4.78 is 0. The van der Waals surface area contributed by atoms with Crippen molar-refractivity contribution < 1.29 is 39.3 Å². The minimum Gasteiger partial charge on any atom is -0.473 e. The molecule has 0 aliphatic carbocycles. The van der Waals surface area contributed by atoms with Crippen LogP contribution in [-0.2, 0) is 24.0 Å². The lowest BCUT2D eigenvalue weighted by Gasteiger charge is -2.09. The quantitative estimate of drug-likeness (QED) is 0.364. The number of hydroxylamine groups is 2. The molecule has 0 unspecified atom stereocenters. The second-order valence-electron chi connectivity index (χ2n) is 2.71. The van der Waals surface area contributed by atoms with Crippen LogP contribution >= 0.6 is 0 Å². The van der Waals surface area contributed by atoms with Gasteiger partial charge in [0.05, 0.1) is 13.2 Å². The molecule has 0 spiro atoms. The van der Waals surface area contributed by atoms with Crippen LogP contribution in [0.5, 0.6) is 0 Å². The molecule has 1 fully saturated rings. The molecule has 2 amide bonds. The van der Waals surface area contributed by atoms with Gasteiger partial charge in [0, 0.05) is 12.8 Å². The summed E-state index contributed by atoms with van der Waals surface area (Å²) >= 11 is 0. The third-order valence-electron chi connectivity index (χ3n) is 1.45. The summed E-state index contributed by atoms with van der Waals surface area (Å²) in [6, 6.07) is 0. The molecule has 1 saturated heterocycles. The van der Waals surface area contributed by atoms with Gasteiger partial charge in [0.15, 0.2) is 0 Å². The topological polar surface area (TPSA) is 141 Å². The van der Waals surface area contributed by atoms with Crippen LogP contribution in [0.25, 0.3) is 0 Å². The summed E-state index contributed by atoms with van der Waals surface area (Å²) in [5.41, 5.74) is 0. The number of carbonyl (C=O) groups excluding carboxylic acids is 3. The van der Waals surface area contributed by atoms with Gasteiger partial charge < -0.3 is 20.2 Å². The molecule has 0 radical (unpaired) electrons. The Morgan fingerprint density at radius 2 is 1.53 bits per heavy atom. The summed E-state index contributed by atoms with van der Waals surface area (Å²) in [6.45, 7) is -0.250. The van der Waals surface area contributed by atoms with E-state index in [1.165, 1.54) is 0 Å². The van der Waals surface area contributed by atoms with Crippen LogP contribution in [0.3, 0.4) is 0 Å². The molecule has 1 heterocycles. The molecule has 9 nitrogen and oxygen atoms in total. The molecule has 0 atom stereocenters. The number of carboxylic acids is 1. The summed E-state index contributed by atoms with van der Waals surface area (Å²) in [5.74, 6) is -4.92. The predicted molar refractivity (Wildman–Crippen MR) is 49.0 cm³/mol. The number of imide groups is 1. The van der Waals surface area contributed by atoms with Crippen LogP contribution in [0, 0.1) is 0 Å². The molecular formula is C8H11NO8. The van der Waals surface area contributed by atoms with Gasteiger partial charge in [-0.05, 0) is 0 Å². The van der Waals surface area contributed by atoms with Crippen LogP contribution in [0.15, 0.2) is 0 Å². The summed E-state index contributed by atoms with van der Waals surface area (Å²) in [7, 11) is 0. The molecule has 1 aliphatic heterocycles. The molecule has 0 saturated carbocycles. The summed E-state index contributed by atoms with van der Waals surface area (Å²) in [5, 5.41) is 23.5. The first kappa shape index (κ1) is 15.0. The van der Waals surface area contributed by atoms with Crippen molar-refractivity contribution >= 4 is 23.8 Å². The van der Waals surface area contributed by atoms with Crippen molar-refractivity contribution in [1.82, 2.24) is 5.06 Å². The summed E-state index contributed by atoms with van der Waals surface area (Å²) in [6.07, 6.45) is -0.128. The van der Waals surface area contributed by atoms with Gasteiger partial charge in [-0.3, -0.25) is 9.59 Å². The number of aliphatic hydroxyl groups is 2. The molecule has 1 rings (SSSR count). The van der Waals surface area contributed by atoms with E-state index in [1.807, 2.05) is 0 Å². The highest BCUT2D eigenvalue weighted by molar-refractivity contribution is 6.29. The van der Waals surface area contributed by atoms with Crippen molar-refractivity contribution in [2.45, 2.75) is 12.8 Å². The molecule has 96 valence electrons. The summed E-state index contributed by atoms with van der Waals surface area (Å²) in [4.78, 5) is 45.9.